The molecule has 1 unspecified atom stereocenters. The van der Waals surface area contributed by atoms with Crippen LogP contribution in [0.15, 0.2) is 23.0 Å². The highest BCUT2D eigenvalue weighted by Crippen LogP contribution is 2.28. The minimum atomic E-state index is 0.319. The normalized spacial score (nSPS) is 20.8. The Bertz CT molecular complexity index is 509. The molecule has 0 aliphatic carbocycles. The number of nitrogens with zero attached hydrogens (tertiary/aromatic N) is 2. The predicted molar refractivity (Wildman–Crippen MR) is 80.5 cm³/mol. The van der Waals surface area contributed by atoms with Crippen molar-refractivity contribution >= 4 is 22.7 Å². The standard InChI is InChI=1S/C14H18N2OS2/c17-9-11-2-1-4-16(7-11)8-13-6-15-14(19-13)12-3-5-18-10-12/h3,5-6,10-11,17H,1-2,4,7-9H2. The van der Waals surface area contributed by atoms with Gasteiger partial charge in [0.2, 0.25) is 0 Å². The van der Waals surface area contributed by atoms with Gasteiger partial charge in [-0.25, -0.2) is 4.98 Å². The van der Waals surface area contributed by atoms with E-state index in [9.17, 15) is 5.11 Å². The molecule has 2 aromatic heterocycles. The molecule has 0 saturated carbocycles. The van der Waals surface area contributed by atoms with Crippen molar-refractivity contribution < 1.29 is 5.11 Å². The van der Waals surface area contributed by atoms with E-state index < -0.39 is 0 Å². The first-order valence-electron chi connectivity index (χ1n) is 6.65. The topological polar surface area (TPSA) is 36.4 Å². The smallest absolute Gasteiger partial charge is 0.124 e. The Morgan fingerprint density at radius 3 is 3.21 bits per heavy atom. The second kappa shape index (κ2) is 6.13. The Balaban J connectivity index is 1.64. The van der Waals surface area contributed by atoms with Gasteiger partial charge in [0.25, 0.3) is 0 Å². The number of rotatable bonds is 4. The third-order valence-electron chi connectivity index (χ3n) is 3.56. The largest absolute Gasteiger partial charge is 0.396 e. The minimum Gasteiger partial charge on any atom is -0.396 e. The van der Waals surface area contributed by atoms with E-state index in [0.717, 1.165) is 31.1 Å². The van der Waals surface area contributed by atoms with E-state index in [1.165, 1.54) is 16.9 Å². The molecule has 0 spiro atoms. The summed E-state index contributed by atoms with van der Waals surface area (Å²) in [5.41, 5.74) is 1.23. The number of aliphatic hydroxyl groups excluding tert-OH is 1. The first-order chi connectivity index (χ1) is 9.35. The first-order valence-corrected chi connectivity index (χ1v) is 8.41. The van der Waals surface area contributed by atoms with Crippen LogP contribution in [0.1, 0.15) is 17.7 Å². The fourth-order valence-corrected chi connectivity index (χ4v) is 4.23. The molecule has 0 radical (unpaired) electrons. The van der Waals surface area contributed by atoms with Crippen LogP contribution in [0.25, 0.3) is 10.6 Å². The molecule has 3 nitrogen and oxygen atoms in total. The Morgan fingerprint density at radius 2 is 2.42 bits per heavy atom. The maximum absolute atomic E-state index is 9.27. The summed E-state index contributed by atoms with van der Waals surface area (Å²) in [4.78, 5) is 8.27. The van der Waals surface area contributed by atoms with Crippen LogP contribution < -0.4 is 0 Å². The summed E-state index contributed by atoms with van der Waals surface area (Å²) in [6.45, 7) is 3.45. The van der Waals surface area contributed by atoms with E-state index in [1.807, 2.05) is 6.20 Å². The van der Waals surface area contributed by atoms with Crippen molar-refractivity contribution in [1.29, 1.82) is 0 Å². The van der Waals surface area contributed by atoms with Crippen LogP contribution >= 0.6 is 22.7 Å². The van der Waals surface area contributed by atoms with E-state index >= 15 is 0 Å². The Kier molecular flexibility index (Phi) is 4.28. The van der Waals surface area contributed by atoms with Crippen LogP contribution in [-0.4, -0.2) is 34.7 Å². The molecule has 1 atom stereocenters. The summed E-state index contributed by atoms with van der Waals surface area (Å²) >= 11 is 3.50. The molecular formula is C14H18N2OS2. The molecular weight excluding hydrogens is 276 g/mol. The van der Waals surface area contributed by atoms with Gasteiger partial charge >= 0.3 is 0 Å². The monoisotopic (exact) mass is 294 g/mol. The summed E-state index contributed by atoms with van der Waals surface area (Å²) in [5.74, 6) is 0.456. The molecule has 1 fully saturated rings. The van der Waals surface area contributed by atoms with Gasteiger partial charge in [-0.15, -0.1) is 11.3 Å². The third kappa shape index (κ3) is 3.23. The fraction of sp³-hybridized carbons (Fsp3) is 0.500. The number of thiophene rings is 1. The summed E-state index contributed by atoms with van der Waals surface area (Å²) < 4.78 is 0. The highest BCUT2D eigenvalue weighted by atomic mass is 32.1. The third-order valence-corrected chi connectivity index (χ3v) is 5.28. The van der Waals surface area contributed by atoms with Crippen molar-refractivity contribution in [3.63, 3.8) is 0 Å². The van der Waals surface area contributed by atoms with Gasteiger partial charge in [0.1, 0.15) is 5.01 Å². The molecule has 3 heterocycles. The predicted octanol–water partition coefficient (Wildman–Crippen LogP) is 3.08. The lowest BCUT2D eigenvalue weighted by molar-refractivity contribution is 0.116. The number of hydrogen-bond acceptors (Lipinski definition) is 5. The van der Waals surface area contributed by atoms with Gasteiger partial charge in [-0.1, -0.05) is 0 Å². The Labute approximate surface area is 121 Å². The summed E-state index contributed by atoms with van der Waals surface area (Å²) in [5, 5.41) is 14.6. The molecule has 0 bridgehead atoms. The van der Waals surface area contributed by atoms with Gasteiger partial charge in [-0.05, 0) is 36.8 Å². The van der Waals surface area contributed by atoms with E-state index in [2.05, 4.69) is 26.7 Å². The average Bonchev–Trinajstić information content (AvgIpc) is 3.09. The number of piperidine rings is 1. The van der Waals surface area contributed by atoms with Gasteiger partial charge in [-0.2, -0.15) is 11.3 Å². The molecule has 1 aliphatic heterocycles. The lowest BCUT2D eigenvalue weighted by Gasteiger charge is -2.31. The lowest BCUT2D eigenvalue weighted by atomic mass is 9.99. The molecule has 1 aliphatic rings. The Morgan fingerprint density at radius 1 is 1.47 bits per heavy atom. The molecule has 2 aromatic rings. The number of aliphatic hydroxyl groups is 1. The van der Waals surface area contributed by atoms with E-state index in [1.54, 1.807) is 22.7 Å². The molecule has 5 heteroatoms. The van der Waals surface area contributed by atoms with Crippen molar-refractivity contribution in [2.24, 2.45) is 5.92 Å². The van der Waals surface area contributed by atoms with Gasteiger partial charge in [0.05, 0.1) is 0 Å². The summed E-state index contributed by atoms with van der Waals surface area (Å²) in [6.07, 6.45) is 4.36. The SMILES string of the molecule is OCC1CCCN(Cc2cnc(-c3ccsc3)s2)C1. The van der Waals surface area contributed by atoms with Gasteiger partial charge in [-0.3, -0.25) is 4.90 Å². The van der Waals surface area contributed by atoms with Crippen LogP contribution in [0.2, 0.25) is 0 Å². The number of thiazole rings is 1. The van der Waals surface area contributed by atoms with E-state index in [4.69, 9.17) is 0 Å². The van der Waals surface area contributed by atoms with Crippen LogP contribution in [0.3, 0.4) is 0 Å². The van der Waals surface area contributed by atoms with Gasteiger partial charge in [0, 0.05) is 41.7 Å². The highest BCUT2D eigenvalue weighted by molar-refractivity contribution is 7.15. The summed E-state index contributed by atoms with van der Waals surface area (Å²) in [7, 11) is 0. The van der Waals surface area contributed by atoms with Crippen molar-refractivity contribution in [2.45, 2.75) is 19.4 Å². The van der Waals surface area contributed by atoms with Crippen LogP contribution in [0.5, 0.6) is 0 Å². The second-order valence-electron chi connectivity index (χ2n) is 5.07. The maximum Gasteiger partial charge on any atom is 0.124 e. The second-order valence-corrected chi connectivity index (χ2v) is 6.96. The molecule has 19 heavy (non-hydrogen) atoms. The molecule has 1 saturated heterocycles. The molecule has 3 rings (SSSR count). The molecule has 0 amide bonds. The lowest BCUT2D eigenvalue weighted by Crippen LogP contribution is -2.36. The number of likely N-dealkylation sites (tertiary alicyclic amines) is 1. The van der Waals surface area contributed by atoms with Gasteiger partial charge < -0.3 is 5.11 Å². The van der Waals surface area contributed by atoms with Crippen molar-refractivity contribution in [2.75, 3.05) is 19.7 Å². The minimum absolute atomic E-state index is 0.319. The molecule has 0 aromatic carbocycles. The van der Waals surface area contributed by atoms with E-state index in [0.29, 0.717) is 12.5 Å². The molecule has 102 valence electrons. The quantitative estimate of drug-likeness (QED) is 0.941. The van der Waals surface area contributed by atoms with Crippen LogP contribution in [-0.2, 0) is 6.54 Å². The van der Waals surface area contributed by atoms with E-state index in [-0.39, 0.29) is 0 Å². The zero-order valence-electron chi connectivity index (χ0n) is 10.8. The van der Waals surface area contributed by atoms with Crippen molar-refractivity contribution in [3.05, 3.63) is 27.9 Å². The van der Waals surface area contributed by atoms with Gasteiger partial charge in [0.15, 0.2) is 0 Å². The van der Waals surface area contributed by atoms with Crippen LogP contribution in [0, 0.1) is 5.92 Å². The first kappa shape index (κ1) is 13.2. The fourth-order valence-electron chi connectivity index (χ4n) is 2.56. The zero-order valence-corrected chi connectivity index (χ0v) is 12.4. The number of aromatic nitrogens is 1. The molecule has 1 N–H and O–H groups in total. The van der Waals surface area contributed by atoms with Crippen molar-refractivity contribution in [1.82, 2.24) is 9.88 Å². The Hall–Kier alpha value is -0.750. The van der Waals surface area contributed by atoms with Crippen LogP contribution in [0.4, 0.5) is 0 Å². The van der Waals surface area contributed by atoms with Crippen molar-refractivity contribution in [3.8, 4) is 10.6 Å². The number of hydrogen-bond donors (Lipinski definition) is 1. The maximum atomic E-state index is 9.27. The summed E-state index contributed by atoms with van der Waals surface area (Å²) in [6, 6.07) is 2.12. The highest BCUT2D eigenvalue weighted by Gasteiger charge is 2.19. The average molecular weight is 294 g/mol. The zero-order chi connectivity index (χ0) is 13.1.